The summed E-state index contributed by atoms with van der Waals surface area (Å²) in [6, 6.07) is 8.28. The van der Waals surface area contributed by atoms with Crippen LogP contribution in [0.3, 0.4) is 0 Å². The van der Waals surface area contributed by atoms with Gasteiger partial charge in [0.2, 0.25) is 0 Å². The summed E-state index contributed by atoms with van der Waals surface area (Å²) < 4.78 is 5.74. The molecule has 0 aliphatic heterocycles. The zero-order valence-corrected chi connectivity index (χ0v) is 12.6. The van der Waals surface area contributed by atoms with Crippen LogP contribution in [0.1, 0.15) is 56.8 Å². The molecular formula is C17H25NO2. The summed E-state index contributed by atoms with van der Waals surface area (Å²) >= 11 is 0. The van der Waals surface area contributed by atoms with Crippen LogP contribution in [-0.4, -0.2) is 24.1 Å². The number of unbranched alkanes of at least 4 members (excludes halogenated alkanes) is 1. The second-order valence-electron chi connectivity index (χ2n) is 5.45. The van der Waals surface area contributed by atoms with E-state index in [-0.39, 0.29) is 12.2 Å². The van der Waals surface area contributed by atoms with Gasteiger partial charge in [0.15, 0.2) is 0 Å². The first-order valence-corrected chi connectivity index (χ1v) is 7.79. The highest BCUT2D eigenvalue weighted by Crippen LogP contribution is 2.34. The average molecular weight is 275 g/mol. The molecule has 1 aliphatic rings. The van der Waals surface area contributed by atoms with Crippen molar-refractivity contribution in [3.8, 4) is 0 Å². The normalized spacial score (nSPS) is 16.8. The van der Waals surface area contributed by atoms with Crippen molar-refractivity contribution in [1.82, 2.24) is 4.90 Å². The molecule has 2 rings (SSSR count). The van der Waals surface area contributed by atoms with Gasteiger partial charge < -0.3 is 9.64 Å². The van der Waals surface area contributed by atoms with Gasteiger partial charge in [-0.1, -0.05) is 44.5 Å². The molecule has 1 amide bonds. The van der Waals surface area contributed by atoms with Gasteiger partial charge in [-0.2, -0.15) is 0 Å². The predicted octanol–water partition coefficient (Wildman–Crippen LogP) is 4.32. The van der Waals surface area contributed by atoms with E-state index in [2.05, 4.69) is 26.0 Å². The number of carbonyl (C=O) groups is 1. The van der Waals surface area contributed by atoms with E-state index < -0.39 is 0 Å². The highest BCUT2D eigenvalue weighted by Gasteiger charge is 2.27. The maximum Gasteiger partial charge on any atom is 0.410 e. The van der Waals surface area contributed by atoms with Crippen LogP contribution in [0, 0.1) is 0 Å². The Hall–Kier alpha value is -1.51. The molecular weight excluding hydrogens is 250 g/mol. The van der Waals surface area contributed by atoms with E-state index in [1.54, 1.807) is 0 Å². The summed E-state index contributed by atoms with van der Waals surface area (Å²) in [4.78, 5) is 14.2. The fourth-order valence-electron chi connectivity index (χ4n) is 2.75. The first kappa shape index (κ1) is 14.9. The zero-order chi connectivity index (χ0) is 14.4. The molecule has 3 heteroatoms. The average Bonchev–Trinajstić information content (AvgIpc) is 2.87. The second-order valence-corrected chi connectivity index (χ2v) is 5.45. The fraction of sp³-hybridized carbons (Fsp3) is 0.588. The molecule has 0 aromatic heterocycles. The molecule has 0 N–H and O–H groups in total. The lowest BCUT2D eigenvalue weighted by atomic mass is 10.1. The van der Waals surface area contributed by atoms with Gasteiger partial charge in [0.25, 0.3) is 0 Å². The monoisotopic (exact) mass is 275 g/mol. The lowest BCUT2D eigenvalue weighted by Crippen LogP contribution is -2.33. The number of carbonyl (C=O) groups excluding carboxylic acids is 1. The van der Waals surface area contributed by atoms with Crippen molar-refractivity contribution >= 4 is 6.09 Å². The minimum absolute atomic E-state index is 0.0558. The summed E-state index contributed by atoms with van der Waals surface area (Å²) in [7, 11) is 0. The summed E-state index contributed by atoms with van der Waals surface area (Å²) in [6.07, 6.45) is 4.83. The minimum Gasteiger partial charge on any atom is -0.441 e. The van der Waals surface area contributed by atoms with Gasteiger partial charge in [0, 0.05) is 13.1 Å². The molecule has 20 heavy (non-hydrogen) atoms. The predicted molar refractivity (Wildman–Crippen MR) is 80.8 cm³/mol. The number of amides is 1. The molecule has 0 bridgehead atoms. The molecule has 0 heterocycles. The first-order valence-electron chi connectivity index (χ1n) is 7.79. The third kappa shape index (κ3) is 3.53. The van der Waals surface area contributed by atoms with Crippen LogP contribution >= 0.6 is 0 Å². The van der Waals surface area contributed by atoms with E-state index in [9.17, 15) is 4.79 Å². The van der Waals surface area contributed by atoms with Crippen molar-refractivity contribution in [3.05, 3.63) is 35.4 Å². The van der Waals surface area contributed by atoms with E-state index >= 15 is 0 Å². The molecule has 1 atom stereocenters. The number of nitrogens with zero attached hydrogens (tertiary/aromatic N) is 1. The first-order chi connectivity index (χ1) is 9.76. The van der Waals surface area contributed by atoms with Gasteiger partial charge in [0.1, 0.15) is 6.10 Å². The number of fused-ring (bicyclic) bond motifs is 1. The Morgan fingerprint density at radius 1 is 1.25 bits per heavy atom. The summed E-state index contributed by atoms with van der Waals surface area (Å²) in [5, 5.41) is 0. The Labute approximate surface area is 121 Å². The summed E-state index contributed by atoms with van der Waals surface area (Å²) in [5.41, 5.74) is 2.51. The highest BCUT2D eigenvalue weighted by molar-refractivity contribution is 5.68. The van der Waals surface area contributed by atoms with Crippen LogP contribution in [0.15, 0.2) is 24.3 Å². The molecule has 1 unspecified atom stereocenters. The SMILES string of the molecule is CCCCN(CCC)C(=O)OC1CCc2ccccc21. The van der Waals surface area contributed by atoms with Crippen LogP contribution < -0.4 is 0 Å². The molecule has 0 saturated heterocycles. The van der Waals surface area contributed by atoms with Gasteiger partial charge in [-0.3, -0.25) is 0 Å². The molecule has 0 saturated carbocycles. The Morgan fingerprint density at radius 3 is 2.80 bits per heavy atom. The minimum atomic E-state index is -0.151. The Bertz CT molecular complexity index is 444. The van der Waals surface area contributed by atoms with Crippen LogP contribution in [0.5, 0.6) is 0 Å². The standard InChI is InChI=1S/C17H25NO2/c1-3-5-13-18(12-4-2)17(19)20-16-11-10-14-8-6-7-9-15(14)16/h6-9,16H,3-5,10-13H2,1-2H3. The van der Waals surface area contributed by atoms with Crippen LogP contribution in [0.2, 0.25) is 0 Å². The van der Waals surface area contributed by atoms with Gasteiger partial charge in [-0.25, -0.2) is 4.79 Å². The van der Waals surface area contributed by atoms with Crippen molar-refractivity contribution in [3.63, 3.8) is 0 Å². The summed E-state index contributed by atoms with van der Waals surface area (Å²) in [5.74, 6) is 0. The summed E-state index contributed by atoms with van der Waals surface area (Å²) in [6.45, 7) is 5.82. The molecule has 110 valence electrons. The quantitative estimate of drug-likeness (QED) is 0.773. The van der Waals surface area contributed by atoms with Gasteiger partial charge >= 0.3 is 6.09 Å². The lowest BCUT2D eigenvalue weighted by Gasteiger charge is -2.24. The Morgan fingerprint density at radius 2 is 2.05 bits per heavy atom. The number of ether oxygens (including phenoxy) is 1. The van der Waals surface area contributed by atoms with Crippen LogP contribution in [0.25, 0.3) is 0 Å². The number of benzene rings is 1. The zero-order valence-electron chi connectivity index (χ0n) is 12.6. The highest BCUT2D eigenvalue weighted by atomic mass is 16.6. The van der Waals surface area contributed by atoms with Gasteiger partial charge in [-0.05, 0) is 36.8 Å². The maximum absolute atomic E-state index is 12.3. The van der Waals surface area contributed by atoms with E-state index in [0.29, 0.717) is 0 Å². The van der Waals surface area contributed by atoms with E-state index in [1.165, 1.54) is 11.1 Å². The Kier molecular flexibility index (Phi) is 5.45. The van der Waals surface area contributed by atoms with Crippen molar-refractivity contribution in [2.24, 2.45) is 0 Å². The molecule has 0 spiro atoms. The molecule has 3 nitrogen and oxygen atoms in total. The Balaban J connectivity index is 1.96. The molecule has 0 radical (unpaired) electrons. The van der Waals surface area contributed by atoms with E-state index in [0.717, 1.165) is 45.2 Å². The van der Waals surface area contributed by atoms with Crippen LogP contribution in [0.4, 0.5) is 4.79 Å². The third-order valence-corrected chi connectivity index (χ3v) is 3.85. The van der Waals surface area contributed by atoms with Crippen molar-refractivity contribution < 1.29 is 9.53 Å². The number of hydrogen-bond acceptors (Lipinski definition) is 2. The lowest BCUT2D eigenvalue weighted by molar-refractivity contribution is 0.0624. The van der Waals surface area contributed by atoms with Crippen molar-refractivity contribution in [1.29, 1.82) is 0 Å². The largest absolute Gasteiger partial charge is 0.441 e. The van der Waals surface area contributed by atoms with E-state index in [4.69, 9.17) is 4.74 Å². The third-order valence-electron chi connectivity index (χ3n) is 3.85. The van der Waals surface area contributed by atoms with Gasteiger partial charge in [-0.15, -0.1) is 0 Å². The van der Waals surface area contributed by atoms with E-state index in [1.807, 2.05) is 17.0 Å². The number of rotatable bonds is 6. The smallest absolute Gasteiger partial charge is 0.410 e. The van der Waals surface area contributed by atoms with Crippen molar-refractivity contribution in [2.45, 2.75) is 52.1 Å². The topological polar surface area (TPSA) is 29.5 Å². The molecule has 1 aromatic carbocycles. The molecule has 0 fully saturated rings. The maximum atomic E-state index is 12.3. The number of hydrogen-bond donors (Lipinski definition) is 0. The van der Waals surface area contributed by atoms with Crippen molar-refractivity contribution in [2.75, 3.05) is 13.1 Å². The van der Waals surface area contributed by atoms with Gasteiger partial charge in [0.05, 0.1) is 0 Å². The van der Waals surface area contributed by atoms with Crippen LogP contribution in [-0.2, 0) is 11.2 Å². The fourth-order valence-corrected chi connectivity index (χ4v) is 2.75. The number of aryl methyl sites for hydroxylation is 1. The second kappa shape index (κ2) is 7.32. The molecule has 1 aliphatic carbocycles. The molecule has 1 aromatic rings.